The molecule has 0 spiro atoms. The van der Waals surface area contributed by atoms with E-state index >= 15 is 0 Å². The maximum atomic E-state index is 12.7. The number of nitrogens with one attached hydrogen (secondary N) is 1. The number of likely N-dealkylation sites (N-methyl/N-ethyl adjacent to an activating group) is 1. The molecule has 132 valence electrons. The standard InChI is InChI=1S/C18H26ClN3O2/c1-4-21-9-11-22(12-10-21)17(24)18(2,3)16(23)20-13-14-5-7-15(19)8-6-14/h5-8H,4,9-13H2,1-3H3,(H,20,23). The number of rotatable bonds is 5. The summed E-state index contributed by atoms with van der Waals surface area (Å²) in [5, 5.41) is 3.52. The Labute approximate surface area is 149 Å². The fourth-order valence-corrected chi connectivity index (χ4v) is 2.89. The third-order valence-electron chi connectivity index (χ3n) is 4.58. The Morgan fingerprint density at radius 3 is 2.25 bits per heavy atom. The molecule has 5 nitrogen and oxygen atoms in total. The Bertz CT molecular complexity index is 578. The highest BCUT2D eigenvalue weighted by molar-refractivity contribution is 6.30. The number of halogens is 1. The Hall–Kier alpha value is -1.59. The number of piperazine rings is 1. The van der Waals surface area contributed by atoms with Gasteiger partial charge in [-0.25, -0.2) is 0 Å². The molecule has 24 heavy (non-hydrogen) atoms. The lowest BCUT2D eigenvalue weighted by Crippen LogP contribution is -2.55. The van der Waals surface area contributed by atoms with E-state index in [9.17, 15) is 9.59 Å². The van der Waals surface area contributed by atoms with Crippen LogP contribution in [0.2, 0.25) is 5.02 Å². The van der Waals surface area contributed by atoms with E-state index in [1.807, 2.05) is 12.1 Å². The van der Waals surface area contributed by atoms with E-state index in [2.05, 4.69) is 17.1 Å². The van der Waals surface area contributed by atoms with Gasteiger partial charge in [-0.2, -0.15) is 0 Å². The first-order chi connectivity index (χ1) is 11.3. The van der Waals surface area contributed by atoms with E-state index in [0.29, 0.717) is 24.7 Å². The molecule has 0 aromatic heterocycles. The summed E-state index contributed by atoms with van der Waals surface area (Å²) in [5.41, 5.74) is -0.117. The fraction of sp³-hybridized carbons (Fsp3) is 0.556. The second-order valence-electron chi connectivity index (χ2n) is 6.66. The smallest absolute Gasteiger partial charge is 0.237 e. The summed E-state index contributed by atoms with van der Waals surface area (Å²) in [6.45, 7) is 9.98. The topological polar surface area (TPSA) is 52.7 Å². The summed E-state index contributed by atoms with van der Waals surface area (Å²) in [7, 11) is 0. The van der Waals surface area contributed by atoms with Gasteiger partial charge in [0, 0.05) is 37.7 Å². The van der Waals surface area contributed by atoms with Crippen LogP contribution in [-0.4, -0.2) is 54.3 Å². The van der Waals surface area contributed by atoms with Crippen molar-refractivity contribution in [3.8, 4) is 0 Å². The van der Waals surface area contributed by atoms with Crippen LogP contribution in [0, 0.1) is 5.41 Å². The lowest BCUT2D eigenvalue weighted by atomic mass is 9.90. The molecule has 0 aliphatic carbocycles. The van der Waals surface area contributed by atoms with E-state index in [1.54, 1.807) is 30.9 Å². The van der Waals surface area contributed by atoms with Gasteiger partial charge >= 0.3 is 0 Å². The molecule has 2 amide bonds. The van der Waals surface area contributed by atoms with E-state index < -0.39 is 5.41 Å². The summed E-state index contributed by atoms with van der Waals surface area (Å²) in [6, 6.07) is 7.29. The van der Waals surface area contributed by atoms with Crippen LogP contribution in [-0.2, 0) is 16.1 Å². The van der Waals surface area contributed by atoms with Gasteiger partial charge in [0.05, 0.1) is 0 Å². The predicted octanol–water partition coefficient (Wildman–Crippen LogP) is 2.15. The van der Waals surface area contributed by atoms with Gasteiger partial charge in [0.2, 0.25) is 11.8 Å². The van der Waals surface area contributed by atoms with Gasteiger partial charge in [-0.15, -0.1) is 0 Å². The van der Waals surface area contributed by atoms with Gasteiger partial charge in [-0.1, -0.05) is 30.7 Å². The van der Waals surface area contributed by atoms with Gasteiger partial charge in [-0.3, -0.25) is 9.59 Å². The average Bonchev–Trinajstić information content (AvgIpc) is 2.60. The fourth-order valence-electron chi connectivity index (χ4n) is 2.77. The van der Waals surface area contributed by atoms with E-state index in [4.69, 9.17) is 11.6 Å². The lowest BCUT2D eigenvalue weighted by Gasteiger charge is -2.37. The van der Waals surface area contributed by atoms with Gasteiger partial charge in [-0.05, 0) is 38.1 Å². The normalized spacial score (nSPS) is 16.1. The lowest BCUT2D eigenvalue weighted by molar-refractivity contribution is -0.149. The zero-order chi connectivity index (χ0) is 17.7. The molecule has 0 atom stereocenters. The predicted molar refractivity (Wildman–Crippen MR) is 95.8 cm³/mol. The van der Waals surface area contributed by atoms with Crippen LogP contribution in [0.15, 0.2) is 24.3 Å². The minimum Gasteiger partial charge on any atom is -0.351 e. The van der Waals surface area contributed by atoms with Crippen molar-refractivity contribution in [3.05, 3.63) is 34.9 Å². The first kappa shape index (κ1) is 18.7. The highest BCUT2D eigenvalue weighted by atomic mass is 35.5. The molecule has 2 rings (SSSR count). The minimum atomic E-state index is -1.07. The zero-order valence-corrected chi connectivity index (χ0v) is 15.4. The van der Waals surface area contributed by atoms with E-state index in [1.165, 1.54) is 0 Å². The SMILES string of the molecule is CCN1CCN(C(=O)C(C)(C)C(=O)NCc2ccc(Cl)cc2)CC1. The van der Waals surface area contributed by atoms with Crippen molar-refractivity contribution in [2.75, 3.05) is 32.7 Å². The minimum absolute atomic E-state index is 0.105. The number of carbonyl (C=O) groups is 2. The third kappa shape index (κ3) is 4.48. The van der Waals surface area contributed by atoms with Crippen molar-refractivity contribution >= 4 is 23.4 Å². The number of nitrogens with zero attached hydrogens (tertiary/aromatic N) is 2. The second-order valence-corrected chi connectivity index (χ2v) is 7.10. The Balaban J connectivity index is 1.91. The number of carbonyl (C=O) groups excluding carboxylic acids is 2. The first-order valence-corrected chi connectivity index (χ1v) is 8.77. The average molecular weight is 352 g/mol. The molecule has 6 heteroatoms. The summed E-state index contributed by atoms with van der Waals surface area (Å²) in [5.74, 6) is -0.354. The van der Waals surface area contributed by atoms with Crippen LogP contribution in [0.4, 0.5) is 0 Å². The monoisotopic (exact) mass is 351 g/mol. The van der Waals surface area contributed by atoms with Gasteiger partial charge < -0.3 is 15.1 Å². The Kier molecular flexibility index (Phi) is 6.24. The summed E-state index contributed by atoms with van der Waals surface area (Å²) in [4.78, 5) is 29.4. The summed E-state index contributed by atoms with van der Waals surface area (Å²) in [6.07, 6.45) is 0. The van der Waals surface area contributed by atoms with Crippen LogP contribution >= 0.6 is 11.6 Å². The molecular weight excluding hydrogens is 326 g/mol. The zero-order valence-electron chi connectivity index (χ0n) is 14.6. The van der Waals surface area contributed by atoms with E-state index in [0.717, 1.165) is 25.2 Å². The van der Waals surface area contributed by atoms with Gasteiger partial charge in [0.25, 0.3) is 0 Å². The molecule has 1 aliphatic heterocycles. The van der Waals surface area contributed by atoms with Crippen LogP contribution in [0.25, 0.3) is 0 Å². The van der Waals surface area contributed by atoms with Crippen molar-refractivity contribution in [1.82, 2.24) is 15.1 Å². The van der Waals surface area contributed by atoms with Crippen molar-refractivity contribution in [2.24, 2.45) is 5.41 Å². The molecular formula is C18H26ClN3O2. The van der Waals surface area contributed by atoms with Crippen molar-refractivity contribution in [3.63, 3.8) is 0 Å². The van der Waals surface area contributed by atoms with Crippen LogP contribution in [0.1, 0.15) is 26.3 Å². The molecule has 0 radical (unpaired) electrons. The Morgan fingerprint density at radius 1 is 1.12 bits per heavy atom. The number of hydrogen-bond donors (Lipinski definition) is 1. The molecule has 1 fully saturated rings. The molecule has 0 bridgehead atoms. The molecule has 0 saturated carbocycles. The van der Waals surface area contributed by atoms with Crippen molar-refractivity contribution < 1.29 is 9.59 Å². The van der Waals surface area contributed by atoms with Crippen LogP contribution < -0.4 is 5.32 Å². The number of benzene rings is 1. The van der Waals surface area contributed by atoms with Crippen molar-refractivity contribution in [2.45, 2.75) is 27.3 Å². The molecule has 1 aromatic rings. The molecule has 1 aromatic carbocycles. The maximum Gasteiger partial charge on any atom is 0.237 e. The van der Waals surface area contributed by atoms with Crippen LogP contribution in [0.5, 0.6) is 0 Å². The Morgan fingerprint density at radius 2 is 1.71 bits per heavy atom. The maximum absolute atomic E-state index is 12.7. The number of hydrogen-bond acceptors (Lipinski definition) is 3. The largest absolute Gasteiger partial charge is 0.351 e. The molecule has 1 saturated heterocycles. The highest BCUT2D eigenvalue weighted by Gasteiger charge is 2.39. The van der Waals surface area contributed by atoms with Crippen LogP contribution in [0.3, 0.4) is 0 Å². The molecule has 1 aliphatic rings. The molecule has 1 heterocycles. The molecule has 1 N–H and O–H groups in total. The first-order valence-electron chi connectivity index (χ1n) is 8.39. The third-order valence-corrected chi connectivity index (χ3v) is 4.83. The van der Waals surface area contributed by atoms with Crippen molar-refractivity contribution in [1.29, 1.82) is 0 Å². The highest BCUT2D eigenvalue weighted by Crippen LogP contribution is 2.21. The van der Waals surface area contributed by atoms with Gasteiger partial charge in [0.1, 0.15) is 5.41 Å². The summed E-state index contributed by atoms with van der Waals surface area (Å²) < 4.78 is 0. The number of amides is 2. The van der Waals surface area contributed by atoms with Gasteiger partial charge in [0.15, 0.2) is 0 Å². The molecule has 0 unspecified atom stereocenters. The summed E-state index contributed by atoms with van der Waals surface area (Å²) >= 11 is 5.85. The van der Waals surface area contributed by atoms with E-state index in [-0.39, 0.29) is 11.8 Å². The quantitative estimate of drug-likeness (QED) is 0.827. The second kappa shape index (κ2) is 7.99.